The molecule has 0 saturated heterocycles. The summed E-state index contributed by atoms with van der Waals surface area (Å²) in [6.45, 7) is 0. The Morgan fingerprint density at radius 3 is 1.25 bits per heavy atom. The fraction of sp³-hybridized carbons (Fsp3) is 0. The zero-order valence-electron chi connectivity index (χ0n) is 30.2. The maximum absolute atomic E-state index is 5.34. The SMILES string of the molecule is c1ccc(-c2ccc(-c3cc(-c4ccc(-c5cccc(-c6ccccc6)c5)cc4)cc(-c4cccc(-n5c6ccccc6c6ccccc65)c4)n3)cc2)cc1. The molecule has 0 radical (unpaired) electrons. The third-order valence-electron chi connectivity index (χ3n) is 10.6. The molecule has 0 bridgehead atoms. The number of hydrogen-bond acceptors (Lipinski definition) is 1. The van der Waals surface area contributed by atoms with Gasteiger partial charge in [-0.05, 0) is 87.0 Å². The van der Waals surface area contributed by atoms with Crippen molar-refractivity contribution in [2.75, 3.05) is 0 Å². The second-order valence-electron chi connectivity index (χ2n) is 14.0. The van der Waals surface area contributed by atoms with Gasteiger partial charge in [0.1, 0.15) is 0 Å². The van der Waals surface area contributed by atoms with E-state index in [1.165, 1.54) is 55.2 Å². The van der Waals surface area contributed by atoms with E-state index in [4.69, 9.17) is 4.98 Å². The zero-order chi connectivity index (χ0) is 36.6. The Bertz CT molecular complexity index is 2890. The predicted octanol–water partition coefficient (Wildman–Crippen LogP) is 14.2. The monoisotopic (exact) mass is 700 g/mol. The second-order valence-corrected chi connectivity index (χ2v) is 14.0. The number of pyridine rings is 1. The number of aromatic nitrogens is 2. The molecule has 10 rings (SSSR count). The molecule has 0 amide bonds. The Kier molecular flexibility index (Phi) is 8.20. The zero-order valence-corrected chi connectivity index (χ0v) is 30.2. The highest BCUT2D eigenvalue weighted by Gasteiger charge is 2.14. The standard InChI is InChI=1S/C53H36N2/c1-3-13-37(14-4-1)39-29-31-42(32-30-39)50-35-46(41-27-25-40(26-28-41)44-18-11-17-43(33-44)38-15-5-2-6-16-38)36-51(54-50)45-19-12-20-47(34-45)55-52-23-9-7-21-48(52)49-22-8-10-24-53(49)55/h1-36H. The highest BCUT2D eigenvalue weighted by atomic mass is 15.0. The largest absolute Gasteiger partial charge is 0.309 e. The molecular formula is C53H36N2. The number of nitrogens with zero attached hydrogens (tertiary/aromatic N) is 2. The summed E-state index contributed by atoms with van der Waals surface area (Å²) >= 11 is 0. The highest BCUT2D eigenvalue weighted by molar-refractivity contribution is 6.09. The topological polar surface area (TPSA) is 17.8 Å². The number of rotatable bonds is 7. The van der Waals surface area contributed by atoms with Crippen molar-refractivity contribution in [1.29, 1.82) is 0 Å². The van der Waals surface area contributed by atoms with Crippen molar-refractivity contribution in [1.82, 2.24) is 9.55 Å². The minimum absolute atomic E-state index is 0.932. The van der Waals surface area contributed by atoms with Crippen molar-refractivity contribution in [2.45, 2.75) is 0 Å². The van der Waals surface area contributed by atoms with Crippen LogP contribution < -0.4 is 0 Å². The quantitative estimate of drug-likeness (QED) is 0.162. The van der Waals surface area contributed by atoms with Gasteiger partial charge in [-0.25, -0.2) is 4.98 Å². The summed E-state index contributed by atoms with van der Waals surface area (Å²) in [6.07, 6.45) is 0. The molecule has 0 spiro atoms. The van der Waals surface area contributed by atoms with E-state index in [1.54, 1.807) is 0 Å². The smallest absolute Gasteiger partial charge is 0.0716 e. The van der Waals surface area contributed by atoms with Crippen LogP contribution in [0.3, 0.4) is 0 Å². The van der Waals surface area contributed by atoms with Gasteiger partial charge in [0.25, 0.3) is 0 Å². The summed E-state index contributed by atoms with van der Waals surface area (Å²) in [5, 5.41) is 2.50. The van der Waals surface area contributed by atoms with E-state index in [2.05, 4.69) is 223 Å². The Labute approximate surface area is 321 Å². The molecule has 0 fully saturated rings. The number of hydrogen-bond donors (Lipinski definition) is 0. The van der Waals surface area contributed by atoms with Gasteiger partial charge in [-0.1, -0.05) is 176 Å². The Morgan fingerprint density at radius 2 is 0.655 bits per heavy atom. The lowest BCUT2D eigenvalue weighted by atomic mass is 9.95. The molecule has 0 aliphatic carbocycles. The van der Waals surface area contributed by atoms with E-state index >= 15 is 0 Å². The molecule has 8 aromatic carbocycles. The summed E-state index contributed by atoms with van der Waals surface area (Å²) in [7, 11) is 0. The third-order valence-corrected chi connectivity index (χ3v) is 10.6. The van der Waals surface area contributed by atoms with Gasteiger partial charge in [0.2, 0.25) is 0 Å². The van der Waals surface area contributed by atoms with Gasteiger partial charge < -0.3 is 4.57 Å². The van der Waals surface area contributed by atoms with Crippen LogP contribution in [0.1, 0.15) is 0 Å². The first-order valence-corrected chi connectivity index (χ1v) is 18.8. The number of para-hydroxylation sites is 2. The average molecular weight is 701 g/mol. The molecular weight excluding hydrogens is 665 g/mol. The van der Waals surface area contributed by atoms with E-state index in [1.807, 2.05) is 0 Å². The minimum atomic E-state index is 0.932. The van der Waals surface area contributed by atoms with Crippen LogP contribution in [0.2, 0.25) is 0 Å². The molecule has 0 aliphatic heterocycles. The van der Waals surface area contributed by atoms with Crippen LogP contribution in [0.25, 0.3) is 94.5 Å². The van der Waals surface area contributed by atoms with Crippen molar-refractivity contribution >= 4 is 21.8 Å². The normalized spacial score (nSPS) is 11.3. The summed E-state index contributed by atoms with van der Waals surface area (Å²) in [5.41, 5.74) is 17.0. The van der Waals surface area contributed by atoms with Gasteiger partial charge in [0, 0.05) is 27.6 Å². The van der Waals surface area contributed by atoms with Gasteiger partial charge in [-0.15, -0.1) is 0 Å². The first kappa shape index (κ1) is 32.4. The molecule has 258 valence electrons. The van der Waals surface area contributed by atoms with Crippen LogP contribution in [0.15, 0.2) is 218 Å². The summed E-state index contributed by atoms with van der Waals surface area (Å²) in [6, 6.07) is 78.1. The van der Waals surface area contributed by atoms with Gasteiger partial charge >= 0.3 is 0 Å². The van der Waals surface area contributed by atoms with Gasteiger partial charge in [0.15, 0.2) is 0 Å². The minimum Gasteiger partial charge on any atom is -0.309 e. The molecule has 2 aromatic heterocycles. The van der Waals surface area contributed by atoms with Crippen molar-refractivity contribution in [3.8, 4) is 72.7 Å². The van der Waals surface area contributed by atoms with Crippen LogP contribution in [-0.2, 0) is 0 Å². The van der Waals surface area contributed by atoms with Gasteiger partial charge in [0.05, 0.1) is 22.4 Å². The van der Waals surface area contributed by atoms with Crippen LogP contribution in [0.4, 0.5) is 0 Å². The van der Waals surface area contributed by atoms with E-state index in [0.29, 0.717) is 0 Å². The highest BCUT2D eigenvalue weighted by Crippen LogP contribution is 2.36. The first-order valence-electron chi connectivity index (χ1n) is 18.8. The lowest BCUT2D eigenvalue weighted by Gasteiger charge is -2.13. The average Bonchev–Trinajstić information content (AvgIpc) is 3.61. The summed E-state index contributed by atoms with van der Waals surface area (Å²) in [4.78, 5) is 5.34. The van der Waals surface area contributed by atoms with Crippen molar-refractivity contribution < 1.29 is 0 Å². The molecule has 2 heterocycles. The van der Waals surface area contributed by atoms with Crippen LogP contribution in [0, 0.1) is 0 Å². The summed E-state index contributed by atoms with van der Waals surface area (Å²) in [5.74, 6) is 0. The molecule has 55 heavy (non-hydrogen) atoms. The lowest BCUT2D eigenvalue weighted by Crippen LogP contribution is -1.96. The van der Waals surface area contributed by atoms with Crippen LogP contribution >= 0.6 is 0 Å². The summed E-state index contributed by atoms with van der Waals surface area (Å²) < 4.78 is 2.37. The number of benzene rings is 8. The molecule has 2 nitrogen and oxygen atoms in total. The van der Waals surface area contributed by atoms with Crippen molar-refractivity contribution in [3.05, 3.63) is 218 Å². The van der Waals surface area contributed by atoms with Gasteiger partial charge in [-0.3, -0.25) is 0 Å². The Balaban J connectivity index is 1.07. The van der Waals surface area contributed by atoms with Crippen molar-refractivity contribution in [2.24, 2.45) is 0 Å². The fourth-order valence-electron chi connectivity index (χ4n) is 7.83. The third kappa shape index (κ3) is 6.20. The fourth-order valence-corrected chi connectivity index (χ4v) is 7.83. The Morgan fingerprint density at radius 1 is 0.255 bits per heavy atom. The molecule has 10 aromatic rings. The Hall–Kier alpha value is -7.29. The predicted molar refractivity (Wildman–Crippen MR) is 231 cm³/mol. The van der Waals surface area contributed by atoms with Crippen molar-refractivity contribution in [3.63, 3.8) is 0 Å². The van der Waals surface area contributed by atoms with E-state index in [-0.39, 0.29) is 0 Å². The second kappa shape index (κ2) is 13.9. The van der Waals surface area contributed by atoms with Gasteiger partial charge in [-0.2, -0.15) is 0 Å². The van der Waals surface area contributed by atoms with Crippen LogP contribution in [-0.4, -0.2) is 9.55 Å². The molecule has 0 unspecified atom stereocenters. The van der Waals surface area contributed by atoms with Crippen LogP contribution in [0.5, 0.6) is 0 Å². The lowest BCUT2D eigenvalue weighted by molar-refractivity contribution is 1.18. The van der Waals surface area contributed by atoms with E-state index < -0.39 is 0 Å². The molecule has 2 heteroatoms. The maximum Gasteiger partial charge on any atom is 0.0716 e. The molecule has 0 atom stereocenters. The molecule has 0 N–H and O–H groups in total. The number of fused-ring (bicyclic) bond motifs is 3. The first-order chi connectivity index (χ1) is 27.2. The van der Waals surface area contributed by atoms with E-state index in [9.17, 15) is 0 Å². The van der Waals surface area contributed by atoms with E-state index in [0.717, 1.165) is 39.3 Å². The molecule has 0 aliphatic rings. The molecule has 0 saturated carbocycles. The maximum atomic E-state index is 5.34.